The van der Waals surface area contributed by atoms with E-state index >= 15 is 0 Å². The summed E-state index contributed by atoms with van der Waals surface area (Å²) in [6.45, 7) is 4.66. The highest BCUT2D eigenvalue weighted by molar-refractivity contribution is 9.10. The minimum absolute atomic E-state index is 0.166. The molecule has 106 valence electrons. The van der Waals surface area contributed by atoms with E-state index in [9.17, 15) is 0 Å². The van der Waals surface area contributed by atoms with E-state index in [1.165, 1.54) is 5.56 Å². The molecule has 2 aromatic rings. The number of ether oxygens (including phenoxy) is 1. The van der Waals surface area contributed by atoms with Crippen LogP contribution in [0.15, 0.2) is 47.2 Å². The maximum absolute atomic E-state index is 5.90. The van der Waals surface area contributed by atoms with E-state index in [1.807, 2.05) is 29.2 Å². The molecule has 1 atom stereocenters. The minimum Gasteiger partial charge on any atom is -0.371 e. The van der Waals surface area contributed by atoms with Crippen molar-refractivity contribution in [1.29, 1.82) is 0 Å². The predicted molar refractivity (Wildman–Crippen MR) is 81.5 cm³/mol. The fraction of sp³-hybridized carbons (Fsp3) is 0.400. The second-order valence-electron chi connectivity index (χ2n) is 4.98. The normalized spacial score (nSPS) is 20.1. The molecule has 0 spiro atoms. The summed E-state index contributed by atoms with van der Waals surface area (Å²) in [5.74, 6) is 0. The van der Waals surface area contributed by atoms with Gasteiger partial charge in [-0.2, -0.15) is 5.10 Å². The van der Waals surface area contributed by atoms with Gasteiger partial charge in [-0.3, -0.25) is 9.58 Å². The van der Waals surface area contributed by atoms with Crippen molar-refractivity contribution in [3.8, 4) is 0 Å². The monoisotopic (exact) mass is 335 g/mol. The zero-order valence-corrected chi connectivity index (χ0v) is 12.9. The second kappa shape index (κ2) is 6.52. The van der Waals surface area contributed by atoms with Gasteiger partial charge in [-0.25, -0.2) is 0 Å². The van der Waals surface area contributed by atoms with Crippen LogP contribution in [0.5, 0.6) is 0 Å². The molecule has 2 heterocycles. The van der Waals surface area contributed by atoms with E-state index in [0.717, 1.165) is 37.3 Å². The van der Waals surface area contributed by atoms with Crippen LogP contribution in [-0.2, 0) is 11.3 Å². The predicted octanol–water partition coefficient (Wildman–Crippen LogP) is 2.72. The third kappa shape index (κ3) is 3.48. The summed E-state index contributed by atoms with van der Waals surface area (Å²) in [7, 11) is 0. The Kier molecular flexibility index (Phi) is 4.50. The van der Waals surface area contributed by atoms with Gasteiger partial charge < -0.3 is 4.74 Å². The van der Waals surface area contributed by atoms with Crippen molar-refractivity contribution >= 4 is 15.9 Å². The van der Waals surface area contributed by atoms with Gasteiger partial charge in [0.25, 0.3) is 0 Å². The topological polar surface area (TPSA) is 30.3 Å². The standard InChI is InChI=1S/C15H18BrN3O/c16-14-4-1-3-13(11-14)15-12-18(9-10-20-15)7-8-19-6-2-5-17-19/h1-6,11,15H,7-10,12H2/t15-/m0/s1. The number of aromatic nitrogens is 2. The number of benzene rings is 1. The SMILES string of the molecule is Brc1cccc([C@@H]2CN(CCn3cccn3)CCO2)c1. The van der Waals surface area contributed by atoms with Crippen molar-refractivity contribution in [3.63, 3.8) is 0 Å². The first kappa shape index (κ1) is 13.8. The van der Waals surface area contributed by atoms with Gasteiger partial charge in [0.15, 0.2) is 0 Å². The maximum atomic E-state index is 5.90. The molecule has 0 unspecified atom stereocenters. The summed E-state index contributed by atoms with van der Waals surface area (Å²) in [6, 6.07) is 10.3. The summed E-state index contributed by atoms with van der Waals surface area (Å²) < 4.78 is 8.98. The van der Waals surface area contributed by atoms with Crippen LogP contribution < -0.4 is 0 Å². The number of rotatable bonds is 4. The van der Waals surface area contributed by atoms with E-state index in [1.54, 1.807) is 0 Å². The molecule has 1 aliphatic heterocycles. The third-order valence-electron chi connectivity index (χ3n) is 3.58. The highest BCUT2D eigenvalue weighted by Gasteiger charge is 2.21. The van der Waals surface area contributed by atoms with Crippen LogP contribution >= 0.6 is 15.9 Å². The van der Waals surface area contributed by atoms with E-state index in [2.05, 4.69) is 44.1 Å². The van der Waals surface area contributed by atoms with Crippen molar-refractivity contribution in [2.24, 2.45) is 0 Å². The molecule has 1 aliphatic rings. The highest BCUT2D eigenvalue weighted by atomic mass is 79.9. The summed E-state index contributed by atoms with van der Waals surface area (Å²) in [5.41, 5.74) is 1.24. The summed E-state index contributed by atoms with van der Waals surface area (Å²) in [6.07, 6.45) is 3.99. The first-order chi connectivity index (χ1) is 9.81. The average molecular weight is 336 g/mol. The van der Waals surface area contributed by atoms with E-state index in [4.69, 9.17) is 4.74 Å². The first-order valence-corrected chi connectivity index (χ1v) is 7.67. The first-order valence-electron chi connectivity index (χ1n) is 6.88. The number of morpholine rings is 1. The molecular weight excluding hydrogens is 318 g/mol. The van der Waals surface area contributed by atoms with Crippen molar-refractivity contribution in [2.75, 3.05) is 26.2 Å². The molecule has 1 aromatic heterocycles. The largest absolute Gasteiger partial charge is 0.371 e. The van der Waals surface area contributed by atoms with Gasteiger partial charge in [-0.15, -0.1) is 0 Å². The Morgan fingerprint density at radius 2 is 2.25 bits per heavy atom. The van der Waals surface area contributed by atoms with Gasteiger partial charge >= 0.3 is 0 Å². The van der Waals surface area contributed by atoms with E-state index < -0.39 is 0 Å². The number of hydrogen-bond acceptors (Lipinski definition) is 3. The molecule has 0 N–H and O–H groups in total. The third-order valence-corrected chi connectivity index (χ3v) is 4.07. The van der Waals surface area contributed by atoms with Crippen molar-refractivity contribution < 1.29 is 4.74 Å². The van der Waals surface area contributed by atoms with Gasteiger partial charge in [-0.1, -0.05) is 28.1 Å². The summed E-state index contributed by atoms with van der Waals surface area (Å²) >= 11 is 3.52. The van der Waals surface area contributed by atoms with Crippen LogP contribution in [0.4, 0.5) is 0 Å². The lowest BCUT2D eigenvalue weighted by Crippen LogP contribution is -2.40. The van der Waals surface area contributed by atoms with Gasteiger partial charge in [0.2, 0.25) is 0 Å². The molecule has 5 heteroatoms. The molecule has 1 saturated heterocycles. The van der Waals surface area contributed by atoms with E-state index in [0.29, 0.717) is 0 Å². The second-order valence-corrected chi connectivity index (χ2v) is 5.90. The molecule has 1 aromatic carbocycles. The molecule has 1 fully saturated rings. The van der Waals surface area contributed by atoms with Crippen LogP contribution in [0.1, 0.15) is 11.7 Å². The minimum atomic E-state index is 0.166. The molecule has 0 bridgehead atoms. The molecule has 0 radical (unpaired) electrons. The van der Waals surface area contributed by atoms with Gasteiger partial charge in [0.1, 0.15) is 0 Å². The average Bonchev–Trinajstić information content (AvgIpc) is 2.99. The lowest BCUT2D eigenvalue weighted by molar-refractivity contribution is -0.0311. The van der Waals surface area contributed by atoms with Gasteiger partial charge in [0, 0.05) is 36.5 Å². The molecule has 0 amide bonds. The Morgan fingerprint density at radius 1 is 1.30 bits per heavy atom. The lowest BCUT2D eigenvalue weighted by Gasteiger charge is -2.33. The van der Waals surface area contributed by atoms with Crippen LogP contribution in [0.2, 0.25) is 0 Å². The van der Waals surface area contributed by atoms with Crippen LogP contribution in [0.3, 0.4) is 0 Å². The van der Waals surface area contributed by atoms with Gasteiger partial charge in [-0.05, 0) is 23.8 Å². The van der Waals surface area contributed by atoms with Crippen molar-refractivity contribution in [2.45, 2.75) is 12.6 Å². The van der Waals surface area contributed by atoms with Crippen LogP contribution in [0.25, 0.3) is 0 Å². The molecule has 4 nitrogen and oxygen atoms in total. The summed E-state index contributed by atoms with van der Waals surface area (Å²) in [4.78, 5) is 2.44. The van der Waals surface area contributed by atoms with Gasteiger partial charge in [0.05, 0.1) is 19.3 Å². The Labute approximate surface area is 127 Å². The zero-order valence-electron chi connectivity index (χ0n) is 11.3. The molecule has 0 aliphatic carbocycles. The number of nitrogens with zero attached hydrogens (tertiary/aromatic N) is 3. The Hall–Kier alpha value is -1.17. The van der Waals surface area contributed by atoms with Crippen molar-refractivity contribution in [1.82, 2.24) is 14.7 Å². The Morgan fingerprint density at radius 3 is 3.05 bits per heavy atom. The van der Waals surface area contributed by atoms with E-state index in [-0.39, 0.29) is 6.10 Å². The Balaban J connectivity index is 1.59. The smallest absolute Gasteiger partial charge is 0.0952 e. The number of halogens is 1. The van der Waals surface area contributed by atoms with Crippen LogP contribution in [0, 0.1) is 0 Å². The number of hydrogen-bond donors (Lipinski definition) is 0. The zero-order chi connectivity index (χ0) is 13.8. The van der Waals surface area contributed by atoms with Crippen molar-refractivity contribution in [3.05, 3.63) is 52.8 Å². The fourth-order valence-corrected chi connectivity index (χ4v) is 2.91. The lowest BCUT2D eigenvalue weighted by atomic mass is 10.1. The fourth-order valence-electron chi connectivity index (χ4n) is 2.49. The molecule has 20 heavy (non-hydrogen) atoms. The highest BCUT2D eigenvalue weighted by Crippen LogP contribution is 2.24. The molecule has 3 rings (SSSR count). The molecular formula is C15H18BrN3O. The maximum Gasteiger partial charge on any atom is 0.0952 e. The van der Waals surface area contributed by atoms with Crippen LogP contribution in [-0.4, -0.2) is 40.9 Å². The molecule has 0 saturated carbocycles. The Bertz CT molecular complexity index is 544. The quantitative estimate of drug-likeness (QED) is 0.860. The summed E-state index contributed by atoms with van der Waals surface area (Å²) in [5, 5.41) is 4.24.